The van der Waals surface area contributed by atoms with E-state index in [4.69, 9.17) is 9.47 Å². The van der Waals surface area contributed by atoms with E-state index in [-0.39, 0.29) is 18.1 Å². The first-order valence-electron chi connectivity index (χ1n) is 9.36. The Morgan fingerprint density at radius 1 is 1.37 bits per heavy atom. The Labute approximate surface area is 161 Å². The topological polar surface area (TPSA) is 84.9 Å². The maximum Gasteiger partial charge on any atom is 0.238 e. The number of sulfonamides is 1. The van der Waals surface area contributed by atoms with Crippen molar-refractivity contribution in [1.29, 1.82) is 0 Å². The van der Waals surface area contributed by atoms with Gasteiger partial charge in [-0.15, -0.1) is 0 Å². The van der Waals surface area contributed by atoms with Gasteiger partial charge in [-0.2, -0.15) is 4.31 Å². The van der Waals surface area contributed by atoms with E-state index in [1.807, 2.05) is 32.0 Å². The monoisotopic (exact) mass is 396 g/mol. The number of carbonyl (C=O) groups excluding carboxylic acids is 1. The Bertz CT molecular complexity index is 806. The SMILES string of the molecule is CC1(C)Cc2cccc(OCCNC(=O)[C@@H]3CCCCN3S(C)(=O)=O)c2O1. The van der Waals surface area contributed by atoms with Crippen molar-refractivity contribution in [2.24, 2.45) is 0 Å². The lowest BCUT2D eigenvalue weighted by Crippen LogP contribution is -2.52. The van der Waals surface area contributed by atoms with Crippen molar-refractivity contribution in [2.45, 2.75) is 51.2 Å². The molecule has 2 aliphatic heterocycles. The van der Waals surface area contributed by atoms with Crippen molar-refractivity contribution in [3.05, 3.63) is 23.8 Å². The van der Waals surface area contributed by atoms with Crippen molar-refractivity contribution in [1.82, 2.24) is 9.62 Å². The number of amides is 1. The van der Waals surface area contributed by atoms with Gasteiger partial charge in [-0.3, -0.25) is 4.79 Å². The molecule has 3 rings (SSSR count). The molecule has 0 bridgehead atoms. The first kappa shape index (κ1) is 19.9. The van der Waals surface area contributed by atoms with Gasteiger partial charge < -0.3 is 14.8 Å². The molecule has 1 fully saturated rings. The highest BCUT2D eigenvalue weighted by molar-refractivity contribution is 7.88. The minimum absolute atomic E-state index is 0.244. The van der Waals surface area contributed by atoms with Crippen LogP contribution in [0.1, 0.15) is 38.7 Å². The van der Waals surface area contributed by atoms with Crippen LogP contribution in [0.4, 0.5) is 0 Å². The average molecular weight is 397 g/mol. The van der Waals surface area contributed by atoms with Gasteiger partial charge in [-0.05, 0) is 32.8 Å². The van der Waals surface area contributed by atoms with Gasteiger partial charge in [0, 0.05) is 18.5 Å². The predicted octanol–water partition coefficient (Wildman–Crippen LogP) is 1.71. The summed E-state index contributed by atoms with van der Waals surface area (Å²) in [7, 11) is -3.39. The Morgan fingerprint density at radius 3 is 2.89 bits per heavy atom. The number of piperidine rings is 1. The van der Waals surface area contributed by atoms with Gasteiger partial charge in [0.1, 0.15) is 18.2 Å². The first-order valence-corrected chi connectivity index (χ1v) is 11.2. The fraction of sp³-hybridized carbons (Fsp3) is 0.632. The number of nitrogens with zero attached hydrogens (tertiary/aromatic N) is 1. The van der Waals surface area contributed by atoms with Gasteiger partial charge in [-0.25, -0.2) is 8.42 Å². The minimum atomic E-state index is -3.39. The van der Waals surface area contributed by atoms with E-state index in [2.05, 4.69) is 5.32 Å². The maximum atomic E-state index is 12.4. The molecule has 0 unspecified atom stereocenters. The summed E-state index contributed by atoms with van der Waals surface area (Å²) in [4.78, 5) is 12.4. The summed E-state index contributed by atoms with van der Waals surface area (Å²) in [6.45, 7) is 5.07. The molecule has 0 saturated carbocycles. The molecule has 0 aliphatic carbocycles. The van der Waals surface area contributed by atoms with Gasteiger partial charge in [0.15, 0.2) is 11.5 Å². The summed E-state index contributed by atoms with van der Waals surface area (Å²) in [5, 5.41) is 2.80. The molecule has 0 spiro atoms. The molecule has 1 N–H and O–H groups in total. The highest BCUT2D eigenvalue weighted by Crippen LogP contribution is 2.41. The molecule has 27 heavy (non-hydrogen) atoms. The van der Waals surface area contributed by atoms with Gasteiger partial charge in [0.25, 0.3) is 0 Å². The van der Waals surface area contributed by atoms with Crippen molar-refractivity contribution >= 4 is 15.9 Å². The van der Waals surface area contributed by atoms with Crippen LogP contribution in [-0.4, -0.2) is 56.2 Å². The Hall–Kier alpha value is -1.80. The molecule has 8 heteroatoms. The van der Waals surface area contributed by atoms with E-state index in [1.54, 1.807) is 0 Å². The standard InChI is InChI=1S/C19H28N2O5S/c1-19(2)13-14-7-6-9-16(17(14)26-19)25-12-10-20-18(22)15-8-4-5-11-21(15)27(3,23)24/h6-7,9,15H,4-5,8,10-13H2,1-3H3,(H,20,22)/t15-/m0/s1. The van der Waals surface area contributed by atoms with E-state index in [0.29, 0.717) is 25.3 Å². The van der Waals surface area contributed by atoms with Crippen LogP contribution < -0.4 is 14.8 Å². The second-order valence-electron chi connectivity index (χ2n) is 7.81. The molecule has 2 heterocycles. The van der Waals surface area contributed by atoms with E-state index >= 15 is 0 Å². The lowest BCUT2D eigenvalue weighted by Gasteiger charge is -2.32. The summed E-state index contributed by atoms with van der Waals surface area (Å²) in [5.41, 5.74) is 0.874. The number of ether oxygens (including phenoxy) is 2. The lowest BCUT2D eigenvalue weighted by molar-refractivity contribution is -0.125. The lowest BCUT2D eigenvalue weighted by atomic mass is 10.0. The molecular formula is C19H28N2O5S. The van der Waals surface area contributed by atoms with Crippen molar-refractivity contribution in [3.8, 4) is 11.5 Å². The van der Waals surface area contributed by atoms with Gasteiger partial charge >= 0.3 is 0 Å². The van der Waals surface area contributed by atoms with E-state index in [9.17, 15) is 13.2 Å². The molecule has 2 aliphatic rings. The van der Waals surface area contributed by atoms with Crippen LogP contribution in [-0.2, 0) is 21.2 Å². The number of fused-ring (bicyclic) bond motifs is 1. The Kier molecular flexibility index (Phi) is 5.67. The van der Waals surface area contributed by atoms with Crippen LogP contribution in [0.25, 0.3) is 0 Å². The third kappa shape index (κ3) is 4.73. The average Bonchev–Trinajstić information content (AvgIpc) is 2.92. The quantitative estimate of drug-likeness (QED) is 0.740. The van der Waals surface area contributed by atoms with Crippen molar-refractivity contribution in [2.75, 3.05) is 26.0 Å². The van der Waals surface area contributed by atoms with Crippen LogP contribution in [0.2, 0.25) is 0 Å². The normalized spacial score (nSPS) is 22.0. The summed E-state index contributed by atoms with van der Waals surface area (Å²) < 4.78 is 36.8. The number of hydrogen-bond acceptors (Lipinski definition) is 5. The van der Waals surface area contributed by atoms with E-state index in [0.717, 1.165) is 36.8 Å². The van der Waals surface area contributed by atoms with Gasteiger partial charge in [0.2, 0.25) is 15.9 Å². The van der Waals surface area contributed by atoms with Gasteiger partial charge in [0.05, 0.1) is 12.8 Å². The molecule has 1 aromatic carbocycles. The second kappa shape index (κ2) is 7.67. The highest BCUT2D eigenvalue weighted by atomic mass is 32.2. The zero-order valence-electron chi connectivity index (χ0n) is 16.2. The predicted molar refractivity (Wildman–Crippen MR) is 103 cm³/mol. The van der Waals surface area contributed by atoms with Crippen molar-refractivity contribution in [3.63, 3.8) is 0 Å². The number of para-hydroxylation sites is 1. The molecule has 1 atom stereocenters. The molecule has 7 nitrogen and oxygen atoms in total. The van der Waals surface area contributed by atoms with Crippen LogP contribution in [0.5, 0.6) is 11.5 Å². The first-order chi connectivity index (χ1) is 12.7. The molecular weight excluding hydrogens is 368 g/mol. The molecule has 0 radical (unpaired) electrons. The van der Waals surface area contributed by atoms with Crippen LogP contribution in [0.3, 0.4) is 0 Å². The fourth-order valence-corrected chi connectivity index (χ4v) is 4.84. The zero-order chi connectivity index (χ0) is 19.7. The molecule has 1 amide bonds. The van der Waals surface area contributed by atoms with Crippen LogP contribution >= 0.6 is 0 Å². The van der Waals surface area contributed by atoms with E-state index < -0.39 is 16.1 Å². The van der Waals surface area contributed by atoms with Crippen LogP contribution in [0.15, 0.2) is 18.2 Å². The Morgan fingerprint density at radius 2 is 2.15 bits per heavy atom. The third-order valence-electron chi connectivity index (χ3n) is 4.90. The van der Waals surface area contributed by atoms with Crippen LogP contribution in [0, 0.1) is 0 Å². The summed E-state index contributed by atoms with van der Waals surface area (Å²) in [5.74, 6) is 1.17. The second-order valence-corrected chi connectivity index (χ2v) is 9.74. The zero-order valence-corrected chi connectivity index (χ0v) is 17.0. The summed E-state index contributed by atoms with van der Waals surface area (Å²) >= 11 is 0. The van der Waals surface area contributed by atoms with E-state index in [1.165, 1.54) is 4.31 Å². The minimum Gasteiger partial charge on any atom is -0.488 e. The largest absolute Gasteiger partial charge is 0.488 e. The number of rotatable bonds is 6. The van der Waals surface area contributed by atoms with Gasteiger partial charge in [-0.1, -0.05) is 18.6 Å². The smallest absolute Gasteiger partial charge is 0.238 e. The highest BCUT2D eigenvalue weighted by Gasteiger charge is 2.34. The summed E-state index contributed by atoms with van der Waals surface area (Å²) in [6, 6.07) is 5.19. The number of hydrogen-bond donors (Lipinski definition) is 1. The molecule has 0 aromatic heterocycles. The number of carbonyl (C=O) groups is 1. The molecule has 150 valence electrons. The fourth-order valence-electron chi connectivity index (χ4n) is 3.72. The molecule has 1 aromatic rings. The summed E-state index contributed by atoms with van der Waals surface area (Å²) in [6.07, 6.45) is 4.17. The molecule has 1 saturated heterocycles. The number of benzene rings is 1. The maximum absolute atomic E-state index is 12.4. The third-order valence-corrected chi connectivity index (χ3v) is 6.19. The number of nitrogens with one attached hydrogen (secondary N) is 1. The Balaban J connectivity index is 1.53. The van der Waals surface area contributed by atoms with Crippen molar-refractivity contribution < 1.29 is 22.7 Å².